The summed E-state index contributed by atoms with van der Waals surface area (Å²) in [7, 11) is 3.37. The molecule has 3 aromatic carbocycles. The van der Waals surface area contributed by atoms with E-state index in [1.54, 1.807) is 19.1 Å². The van der Waals surface area contributed by atoms with E-state index in [0.717, 1.165) is 34.9 Å². The van der Waals surface area contributed by atoms with Crippen LogP contribution in [-0.4, -0.2) is 25.2 Å². The van der Waals surface area contributed by atoms with Crippen molar-refractivity contribution in [2.45, 2.75) is 18.9 Å². The van der Waals surface area contributed by atoms with Crippen molar-refractivity contribution in [2.24, 2.45) is 11.8 Å². The molecular weight excluding hydrogens is 350 g/mol. The number of fused-ring (bicyclic) bond motifs is 1. The number of aliphatic hydroxyl groups is 1. The Balaban J connectivity index is 1.62. The molecule has 0 heterocycles. The molecule has 28 heavy (non-hydrogen) atoms. The molecule has 144 valence electrons. The van der Waals surface area contributed by atoms with Gasteiger partial charge in [-0.3, -0.25) is 4.79 Å². The minimum atomic E-state index is -0.822. The molecule has 1 aliphatic rings. The molecule has 1 aliphatic carbocycles. The lowest BCUT2D eigenvalue weighted by molar-refractivity contribution is -0.126. The fourth-order valence-corrected chi connectivity index (χ4v) is 3.82. The van der Waals surface area contributed by atoms with Gasteiger partial charge in [-0.2, -0.15) is 0 Å². The number of nitrogens with zero attached hydrogens (tertiary/aromatic N) is 1. The number of methoxy groups -OCH3 is 1. The highest BCUT2D eigenvalue weighted by Gasteiger charge is 2.42. The average molecular weight is 375 g/mol. The summed E-state index contributed by atoms with van der Waals surface area (Å²) in [6.45, 7) is 0. The summed E-state index contributed by atoms with van der Waals surface area (Å²) in [6.07, 6.45) is 1.14. The minimum absolute atomic E-state index is 0.0589. The van der Waals surface area contributed by atoms with Crippen molar-refractivity contribution >= 4 is 22.4 Å². The standard InChI is InChI=1S/C24H25NO3/c1-25(20-8-5-9-21(15-20)28-2)24(27)22(17-11-12-17)23(26)19-13-10-16-6-3-4-7-18(16)14-19/h3-10,13-15,17,22-23,26H,11-12H2,1-2H3/t22-,23-/m0/s1. The van der Waals surface area contributed by atoms with Crippen molar-refractivity contribution in [3.8, 4) is 5.75 Å². The van der Waals surface area contributed by atoms with Crippen molar-refractivity contribution in [3.63, 3.8) is 0 Å². The van der Waals surface area contributed by atoms with Crippen LogP contribution in [0.25, 0.3) is 10.8 Å². The molecule has 0 bridgehead atoms. The topological polar surface area (TPSA) is 49.8 Å². The number of benzene rings is 3. The molecule has 0 aliphatic heterocycles. The molecule has 1 amide bonds. The van der Waals surface area contributed by atoms with Gasteiger partial charge in [-0.05, 0) is 53.3 Å². The second-order valence-electron chi connectivity index (χ2n) is 7.51. The summed E-state index contributed by atoms with van der Waals surface area (Å²) in [5.74, 6) is 0.422. The summed E-state index contributed by atoms with van der Waals surface area (Å²) in [5, 5.41) is 13.3. The first-order valence-electron chi connectivity index (χ1n) is 9.67. The lowest BCUT2D eigenvalue weighted by Gasteiger charge is -2.28. The number of carbonyl (C=O) groups excluding carboxylic acids is 1. The first-order chi connectivity index (χ1) is 13.6. The monoisotopic (exact) mass is 375 g/mol. The summed E-state index contributed by atoms with van der Waals surface area (Å²) < 4.78 is 5.28. The van der Waals surface area contributed by atoms with Crippen molar-refractivity contribution in [1.29, 1.82) is 0 Å². The van der Waals surface area contributed by atoms with Crippen LogP contribution >= 0.6 is 0 Å². The molecule has 4 heteroatoms. The minimum Gasteiger partial charge on any atom is -0.497 e. The maximum atomic E-state index is 13.3. The van der Waals surface area contributed by atoms with E-state index < -0.39 is 12.0 Å². The SMILES string of the molecule is COc1cccc(N(C)C(=O)[C@@H](C2CC2)[C@@H](O)c2ccc3ccccc3c2)c1. The van der Waals surface area contributed by atoms with Crippen molar-refractivity contribution in [1.82, 2.24) is 0 Å². The van der Waals surface area contributed by atoms with Gasteiger partial charge in [0.2, 0.25) is 5.91 Å². The van der Waals surface area contributed by atoms with Gasteiger partial charge in [-0.25, -0.2) is 0 Å². The highest BCUT2D eigenvalue weighted by Crippen LogP contribution is 2.44. The van der Waals surface area contributed by atoms with E-state index in [2.05, 4.69) is 0 Å². The number of carbonyl (C=O) groups is 1. The first kappa shape index (κ1) is 18.5. The molecule has 0 saturated heterocycles. The van der Waals surface area contributed by atoms with Gasteiger partial charge < -0.3 is 14.7 Å². The van der Waals surface area contributed by atoms with Crippen LogP contribution in [0.3, 0.4) is 0 Å². The highest BCUT2D eigenvalue weighted by molar-refractivity contribution is 5.95. The number of hydrogen-bond donors (Lipinski definition) is 1. The Labute approximate surface area is 165 Å². The Bertz CT molecular complexity index is 996. The third-order valence-electron chi connectivity index (χ3n) is 5.64. The number of hydrogen-bond acceptors (Lipinski definition) is 3. The van der Waals surface area contributed by atoms with Crippen LogP contribution in [0.5, 0.6) is 5.75 Å². The zero-order chi connectivity index (χ0) is 19.7. The predicted molar refractivity (Wildman–Crippen MR) is 112 cm³/mol. The number of amides is 1. The summed E-state index contributed by atoms with van der Waals surface area (Å²) >= 11 is 0. The smallest absolute Gasteiger partial charge is 0.233 e. The van der Waals surface area contributed by atoms with Gasteiger partial charge in [0.15, 0.2) is 0 Å². The molecular formula is C24H25NO3. The maximum absolute atomic E-state index is 13.3. The molecule has 3 aromatic rings. The number of aliphatic hydroxyl groups excluding tert-OH is 1. The second-order valence-corrected chi connectivity index (χ2v) is 7.51. The van der Waals surface area contributed by atoms with E-state index in [9.17, 15) is 9.90 Å². The van der Waals surface area contributed by atoms with Crippen LogP contribution in [0.4, 0.5) is 5.69 Å². The van der Waals surface area contributed by atoms with Crippen LogP contribution in [0.1, 0.15) is 24.5 Å². The van der Waals surface area contributed by atoms with Gasteiger partial charge in [0, 0.05) is 18.8 Å². The molecule has 2 atom stereocenters. The fraction of sp³-hybridized carbons (Fsp3) is 0.292. The Morgan fingerprint density at radius 3 is 2.50 bits per heavy atom. The third kappa shape index (κ3) is 3.60. The third-order valence-corrected chi connectivity index (χ3v) is 5.64. The fourth-order valence-electron chi connectivity index (χ4n) is 3.82. The van der Waals surface area contributed by atoms with E-state index in [-0.39, 0.29) is 11.8 Å². The van der Waals surface area contributed by atoms with Crippen LogP contribution < -0.4 is 9.64 Å². The largest absolute Gasteiger partial charge is 0.497 e. The summed E-state index contributed by atoms with van der Waals surface area (Å²) in [5.41, 5.74) is 1.56. The van der Waals surface area contributed by atoms with Gasteiger partial charge in [0.25, 0.3) is 0 Å². The molecule has 0 spiro atoms. The molecule has 1 N–H and O–H groups in total. The van der Waals surface area contributed by atoms with Gasteiger partial charge in [0.1, 0.15) is 5.75 Å². The molecule has 1 fully saturated rings. The first-order valence-corrected chi connectivity index (χ1v) is 9.67. The molecule has 4 nitrogen and oxygen atoms in total. The van der Waals surface area contributed by atoms with Crippen molar-refractivity contribution in [2.75, 3.05) is 19.1 Å². The second kappa shape index (κ2) is 7.64. The molecule has 0 radical (unpaired) electrons. The van der Waals surface area contributed by atoms with Crippen LogP contribution in [0, 0.1) is 11.8 Å². The van der Waals surface area contributed by atoms with Crippen molar-refractivity contribution in [3.05, 3.63) is 72.3 Å². The Hall–Kier alpha value is -2.85. The van der Waals surface area contributed by atoms with Gasteiger partial charge in [-0.1, -0.05) is 42.5 Å². The van der Waals surface area contributed by atoms with E-state index in [0.29, 0.717) is 5.75 Å². The quantitative estimate of drug-likeness (QED) is 0.686. The lowest BCUT2D eigenvalue weighted by atomic mass is 9.89. The van der Waals surface area contributed by atoms with E-state index in [4.69, 9.17) is 4.74 Å². The van der Waals surface area contributed by atoms with E-state index in [1.807, 2.05) is 66.7 Å². The lowest BCUT2D eigenvalue weighted by Crippen LogP contribution is -2.37. The van der Waals surface area contributed by atoms with Crippen LogP contribution in [-0.2, 0) is 4.79 Å². The number of ether oxygens (including phenoxy) is 1. The Morgan fingerprint density at radius 1 is 1.04 bits per heavy atom. The predicted octanol–water partition coefficient (Wildman–Crippen LogP) is 4.57. The molecule has 0 aromatic heterocycles. The van der Waals surface area contributed by atoms with Gasteiger partial charge >= 0.3 is 0 Å². The number of anilines is 1. The normalized spacial score (nSPS) is 15.8. The average Bonchev–Trinajstić information content (AvgIpc) is 3.57. The van der Waals surface area contributed by atoms with E-state index in [1.165, 1.54) is 0 Å². The summed E-state index contributed by atoms with van der Waals surface area (Å²) in [6, 6.07) is 21.4. The van der Waals surface area contributed by atoms with Gasteiger partial charge in [0.05, 0.1) is 19.1 Å². The zero-order valence-electron chi connectivity index (χ0n) is 16.2. The van der Waals surface area contributed by atoms with Gasteiger partial charge in [-0.15, -0.1) is 0 Å². The maximum Gasteiger partial charge on any atom is 0.233 e. The van der Waals surface area contributed by atoms with Crippen molar-refractivity contribution < 1.29 is 14.6 Å². The van der Waals surface area contributed by atoms with E-state index >= 15 is 0 Å². The number of rotatable bonds is 6. The van der Waals surface area contributed by atoms with Crippen LogP contribution in [0.2, 0.25) is 0 Å². The molecule has 0 unspecified atom stereocenters. The molecule has 4 rings (SSSR count). The zero-order valence-corrected chi connectivity index (χ0v) is 16.2. The highest BCUT2D eigenvalue weighted by atomic mass is 16.5. The Kier molecular flexibility index (Phi) is 5.05. The Morgan fingerprint density at radius 2 is 1.79 bits per heavy atom. The molecule has 1 saturated carbocycles. The summed E-state index contributed by atoms with van der Waals surface area (Å²) in [4.78, 5) is 15.0. The van der Waals surface area contributed by atoms with Crippen LogP contribution in [0.15, 0.2) is 66.7 Å².